The molecule has 0 unspecified atom stereocenters. The van der Waals surface area contributed by atoms with Gasteiger partial charge < -0.3 is 14.8 Å². The second-order valence-corrected chi connectivity index (χ2v) is 5.93. The highest BCUT2D eigenvalue weighted by Gasteiger charge is 2.34. The number of cyclic esters (lactones) is 1. The summed E-state index contributed by atoms with van der Waals surface area (Å²) >= 11 is 3.60. The number of unbranched alkanes of at least 4 members (excludes halogenated alkanes) is 2. The van der Waals surface area contributed by atoms with E-state index in [9.17, 15) is 9.59 Å². The zero-order valence-corrected chi connectivity index (χ0v) is 13.1. The fourth-order valence-corrected chi connectivity index (χ4v) is 2.95. The lowest BCUT2D eigenvalue weighted by molar-refractivity contribution is -0.148. The van der Waals surface area contributed by atoms with E-state index in [1.165, 1.54) is 6.92 Å². The summed E-state index contributed by atoms with van der Waals surface area (Å²) in [4.78, 5) is 22.7. The topological polar surface area (TPSA) is 64.6 Å². The van der Waals surface area contributed by atoms with E-state index < -0.39 is 6.09 Å². The third kappa shape index (κ3) is 5.80. The molecule has 6 heteroatoms. The van der Waals surface area contributed by atoms with Crippen LogP contribution < -0.4 is 5.32 Å². The normalized spacial score (nSPS) is 24.9. The molecule has 0 aromatic heterocycles. The van der Waals surface area contributed by atoms with E-state index in [0.29, 0.717) is 6.42 Å². The zero-order chi connectivity index (χ0) is 14.3. The predicted molar refractivity (Wildman–Crippen MR) is 75.3 cm³/mol. The maximum atomic E-state index is 11.5. The number of nitrogens with one attached hydrogen (secondary N) is 1. The minimum Gasteiger partial charge on any atom is -0.460 e. The number of hydrogen-bond donors (Lipinski definition) is 1. The van der Waals surface area contributed by atoms with Crippen molar-refractivity contribution in [3.05, 3.63) is 0 Å². The molecule has 0 spiro atoms. The molecule has 5 nitrogen and oxygen atoms in total. The summed E-state index contributed by atoms with van der Waals surface area (Å²) in [6.45, 7) is 3.80. The molecule has 0 bridgehead atoms. The summed E-state index contributed by atoms with van der Waals surface area (Å²) < 4.78 is 10.3. The van der Waals surface area contributed by atoms with E-state index >= 15 is 0 Å². The Morgan fingerprint density at radius 2 is 2.32 bits per heavy atom. The van der Waals surface area contributed by atoms with Crippen molar-refractivity contribution in [3.8, 4) is 0 Å². The quantitative estimate of drug-likeness (QED) is 0.460. The van der Waals surface area contributed by atoms with Crippen LogP contribution in [0.2, 0.25) is 0 Å². The molecule has 1 heterocycles. The average Bonchev–Trinajstić information content (AvgIpc) is 2.51. The van der Waals surface area contributed by atoms with Crippen molar-refractivity contribution in [2.45, 2.75) is 62.9 Å². The van der Waals surface area contributed by atoms with Crippen LogP contribution in [0.4, 0.5) is 4.79 Å². The van der Waals surface area contributed by atoms with Gasteiger partial charge >= 0.3 is 12.1 Å². The molecule has 3 atom stereocenters. The van der Waals surface area contributed by atoms with Gasteiger partial charge in [-0.25, -0.2) is 4.79 Å². The van der Waals surface area contributed by atoms with E-state index in [1.807, 2.05) is 0 Å². The molecule has 1 saturated heterocycles. The van der Waals surface area contributed by atoms with Gasteiger partial charge in [0.25, 0.3) is 0 Å². The molecule has 110 valence electrons. The van der Waals surface area contributed by atoms with Crippen molar-refractivity contribution >= 4 is 28.0 Å². The molecular formula is C13H22BrNO4. The molecular weight excluding hydrogens is 314 g/mol. The Morgan fingerprint density at radius 1 is 1.58 bits per heavy atom. The van der Waals surface area contributed by atoms with Gasteiger partial charge in [0.1, 0.15) is 6.10 Å². The molecule has 0 aliphatic carbocycles. The van der Waals surface area contributed by atoms with Gasteiger partial charge in [-0.3, -0.25) is 4.79 Å². The molecule has 0 radical (unpaired) electrons. The molecule has 19 heavy (non-hydrogen) atoms. The fraction of sp³-hybridized carbons (Fsp3) is 0.846. The van der Waals surface area contributed by atoms with Gasteiger partial charge in [-0.15, -0.1) is 0 Å². The molecule has 1 amide bonds. The highest BCUT2D eigenvalue weighted by Crippen LogP contribution is 2.22. The summed E-state index contributed by atoms with van der Waals surface area (Å²) in [5.74, 6) is -0.334. The molecule has 1 N–H and O–H groups in total. The monoisotopic (exact) mass is 335 g/mol. The zero-order valence-electron chi connectivity index (χ0n) is 11.5. The molecule has 1 aliphatic heterocycles. The van der Waals surface area contributed by atoms with Crippen LogP contribution in [0.15, 0.2) is 0 Å². The number of esters is 1. The number of rotatable bonds is 6. The highest BCUT2D eigenvalue weighted by molar-refractivity contribution is 9.09. The van der Waals surface area contributed by atoms with Gasteiger partial charge in [-0.2, -0.15) is 0 Å². The minimum atomic E-state index is -0.445. The lowest BCUT2D eigenvalue weighted by Crippen LogP contribution is -2.48. The average molecular weight is 336 g/mol. The number of halogens is 1. The lowest BCUT2D eigenvalue weighted by Gasteiger charge is -2.28. The van der Waals surface area contributed by atoms with Crippen LogP contribution in [0.5, 0.6) is 0 Å². The molecule has 0 aromatic rings. The number of alkyl carbamates (subject to hydrolysis) is 1. The number of alkyl halides is 1. The Hall–Kier alpha value is -0.780. The molecule has 0 aromatic carbocycles. The number of carbonyl (C=O) groups excluding carboxylic acids is 2. The third-order valence-corrected chi connectivity index (χ3v) is 4.14. The van der Waals surface area contributed by atoms with Crippen molar-refractivity contribution in [3.63, 3.8) is 0 Å². The van der Waals surface area contributed by atoms with E-state index in [-0.39, 0.29) is 29.5 Å². The number of hydrogen-bond acceptors (Lipinski definition) is 4. The second kappa shape index (κ2) is 8.40. The second-order valence-electron chi connectivity index (χ2n) is 4.75. The van der Waals surface area contributed by atoms with E-state index in [0.717, 1.165) is 25.7 Å². The van der Waals surface area contributed by atoms with E-state index in [2.05, 4.69) is 28.2 Å². The highest BCUT2D eigenvalue weighted by atomic mass is 79.9. The lowest BCUT2D eigenvalue weighted by atomic mass is 10.0. The van der Waals surface area contributed by atoms with Gasteiger partial charge in [0, 0.05) is 18.2 Å². The van der Waals surface area contributed by atoms with Crippen LogP contribution in [0.1, 0.15) is 46.0 Å². The first-order valence-electron chi connectivity index (χ1n) is 6.79. The number of carbonyl (C=O) groups is 2. The van der Waals surface area contributed by atoms with Crippen LogP contribution in [0.25, 0.3) is 0 Å². The summed E-state index contributed by atoms with van der Waals surface area (Å²) in [5.41, 5.74) is 0. The van der Waals surface area contributed by atoms with Gasteiger partial charge in [0.15, 0.2) is 0 Å². The van der Waals surface area contributed by atoms with Crippen molar-refractivity contribution in [2.75, 3.05) is 6.61 Å². The van der Waals surface area contributed by atoms with Crippen LogP contribution in [-0.4, -0.2) is 35.6 Å². The van der Waals surface area contributed by atoms with Crippen molar-refractivity contribution in [2.24, 2.45) is 0 Å². The Kier molecular flexibility index (Phi) is 7.20. The van der Waals surface area contributed by atoms with Crippen LogP contribution in [0.3, 0.4) is 0 Å². The summed E-state index contributed by atoms with van der Waals surface area (Å²) in [6.07, 6.45) is 4.04. The summed E-state index contributed by atoms with van der Waals surface area (Å²) in [6, 6.07) is -0.240. The van der Waals surface area contributed by atoms with Gasteiger partial charge in [0.05, 0.1) is 12.6 Å². The Balaban J connectivity index is 2.63. The third-order valence-electron chi connectivity index (χ3n) is 3.11. The largest absolute Gasteiger partial charge is 0.460 e. The van der Waals surface area contributed by atoms with Crippen molar-refractivity contribution in [1.29, 1.82) is 0 Å². The first-order valence-corrected chi connectivity index (χ1v) is 7.70. The Bertz CT molecular complexity index is 311. The predicted octanol–water partition coefficient (Wildman–Crippen LogP) is 2.76. The smallest absolute Gasteiger partial charge is 0.407 e. The van der Waals surface area contributed by atoms with Crippen molar-refractivity contribution < 1.29 is 19.1 Å². The Morgan fingerprint density at radius 3 is 2.95 bits per heavy atom. The molecule has 1 rings (SSSR count). The SMILES string of the molecule is CCCCC[C@@H](Br)[C@@H]1NC(=O)OCC[C@H]1OC(C)=O. The molecule has 1 fully saturated rings. The minimum absolute atomic E-state index is 0.0778. The summed E-state index contributed by atoms with van der Waals surface area (Å²) in [5, 5.41) is 2.78. The first kappa shape index (κ1) is 16.3. The molecule has 1 aliphatic rings. The Labute approximate surface area is 122 Å². The van der Waals surface area contributed by atoms with Crippen LogP contribution >= 0.6 is 15.9 Å². The number of amides is 1. The van der Waals surface area contributed by atoms with E-state index in [4.69, 9.17) is 9.47 Å². The van der Waals surface area contributed by atoms with Gasteiger partial charge in [-0.05, 0) is 6.42 Å². The molecule has 0 saturated carbocycles. The van der Waals surface area contributed by atoms with Crippen LogP contribution in [0, 0.1) is 0 Å². The maximum Gasteiger partial charge on any atom is 0.407 e. The summed E-state index contributed by atoms with van der Waals surface area (Å²) in [7, 11) is 0. The van der Waals surface area contributed by atoms with Crippen LogP contribution in [-0.2, 0) is 14.3 Å². The number of ether oxygens (including phenoxy) is 2. The standard InChI is InChI=1S/C13H22BrNO4/c1-3-4-5-6-10(14)12-11(19-9(2)16)7-8-18-13(17)15-12/h10-12H,3-8H2,1-2H3,(H,15,17)/t10-,11-,12+/m1/s1. The van der Waals surface area contributed by atoms with E-state index in [1.54, 1.807) is 0 Å². The maximum absolute atomic E-state index is 11.5. The first-order chi connectivity index (χ1) is 9.04. The van der Waals surface area contributed by atoms with Crippen molar-refractivity contribution in [1.82, 2.24) is 5.32 Å². The van der Waals surface area contributed by atoms with Gasteiger partial charge in [0.2, 0.25) is 0 Å². The van der Waals surface area contributed by atoms with Gasteiger partial charge in [-0.1, -0.05) is 42.1 Å². The fourth-order valence-electron chi connectivity index (χ4n) is 2.16.